The van der Waals surface area contributed by atoms with Crippen LogP contribution in [0.4, 0.5) is 0 Å². The van der Waals surface area contributed by atoms with Crippen molar-refractivity contribution in [1.29, 1.82) is 0 Å². The number of carbonyl (C=O) groups excluding carboxylic acids is 2. The summed E-state index contributed by atoms with van der Waals surface area (Å²) >= 11 is 0. The summed E-state index contributed by atoms with van der Waals surface area (Å²) in [5.74, 6) is -0.119. The average Bonchev–Trinajstić information content (AvgIpc) is 2.22. The lowest BCUT2D eigenvalue weighted by Crippen LogP contribution is -2.52. The molecule has 1 N–H and O–H groups in total. The number of ether oxygens (including phenoxy) is 1. The van der Waals surface area contributed by atoms with Gasteiger partial charge < -0.3 is 15.0 Å². The first-order chi connectivity index (χ1) is 8.59. The van der Waals surface area contributed by atoms with E-state index in [2.05, 4.69) is 5.32 Å². The molecule has 0 unspecified atom stereocenters. The van der Waals surface area contributed by atoms with E-state index in [9.17, 15) is 9.59 Å². The molecule has 0 atom stereocenters. The summed E-state index contributed by atoms with van der Waals surface area (Å²) in [7, 11) is 0. The van der Waals surface area contributed by atoms with Crippen LogP contribution in [0.2, 0.25) is 0 Å². The molecule has 1 aliphatic heterocycles. The summed E-state index contributed by atoms with van der Waals surface area (Å²) in [6.45, 7) is 11.7. The lowest BCUT2D eigenvalue weighted by atomic mass is 9.92. The zero-order valence-corrected chi connectivity index (χ0v) is 12.7. The van der Waals surface area contributed by atoms with Crippen LogP contribution in [0, 0.1) is 5.41 Å². The van der Waals surface area contributed by atoms with Gasteiger partial charge in [-0.1, -0.05) is 20.8 Å². The Bertz CT molecular complexity index is 345. The number of nitrogens with zero attached hydrogens (tertiary/aromatic N) is 1. The summed E-state index contributed by atoms with van der Waals surface area (Å²) in [6, 6.07) is 0. The zero-order chi connectivity index (χ0) is 14.7. The lowest BCUT2D eigenvalue weighted by molar-refractivity contribution is -0.146. The van der Waals surface area contributed by atoms with Crippen molar-refractivity contribution < 1.29 is 14.3 Å². The molecule has 5 heteroatoms. The maximum atomic E-state index is 12.0. The van der Waals surface area contributed by atoms with E-state index in [1.807, 2.05) is 34.6 Å². The largest absolute Gasteiger partial charge is 0.372 e. The van der Waals surface area contributed by atoms with Gasteiger partial charge in [-0.3, -0.25) is 9.59 Å². The molecule has 1 aliphatic rings. The maximum absolute atomic E-state index is 12.0. The van der Waals surface area contributed by atoms with Crippen LogP contribution in [0.5, 0.6) is 0 Å². The third-order valence-electron chi connectivity index (χ3n) is 2.91. The van der Waals surface area contributed by atoms with Crippen molar-refractivity contribution in [2.24, 2.45) is 5.41 Å². The van der Waals surface area contributed by atoms with Crippen LogP contribution in [-0.4, -0.2) is 48.6 Å². The van der Waals surface area contributed by atoms with Crippen molar-refractivity contribution in [3.05, 3.63) is 0 Å². The summed E-state index contributed by atoms with van der Waals surface area (Å²) in [5, 5.41) is 2.69. The van der Waals surface area contributed by atoms with Gasteiger partial charge in [-0.25, -0.2) is 0 Å². The van der Waals surface area contributed by atoms with Gasteiger partial charge in [-0.05, 0) is 19.3 Å². The van der Waals surface area contributed by atoms with Gasteiger partial charge in [0.2, 0.25) is 11.8 Å². The molecule has 19 heavy (non-hydrogen) atoms. The van der Waals surface area contributed by atoms with Crippen molar-refractivity contribution in [3.8, 4) is 0 Å². The van der Waals surface area contributed by atoms with Gasteiger partial charge in [-0.15, -0.1) is 0 Å². The van der Waals surface area contributed by atoms with Crippen LogP contribution in [0.25, 0.3) is 0 Å². The number of amides is 2. The molecular formula is C14H26N2O3. The quantitative estimate of drug-likeness (QED) is 0.837. The number of hydrogen-bond acceptors (Lipinski definition) is 3. The van der Waals surface area contributed by atoms with E-state index >= 15 is 0 Å². The Morgan fingerprint density at radius 3 is 2.47 bits per heavy atom. The first kappa shape index (κ1) is 16.0. The second-order valence-electron chi connectivity index (χ2n) is 6.94. The molecule has 110 valence electrons. The van der Waals surface area contributed by atoms with Crippen LogP contribution in [0.3, 0.4) is 0 Å². The van der Waals surface area contributed by atoms with Crippen molar-refractivity contribution in [2.75, 3.05) is 26.2 Å². The summed E-state index contributed by atoms with van der Waals surface area (Å²) in [5.41, 5.74) is -0.364. The predicted octanol–water partition coefficient (Wildman–Crippen LogP) is 1.18. The van der Waals surface area contributed by atoms with Crippen LogP contribution in [-0.2, 0) is 14.3 Å². The standard InChI is InChI=1S/C14H26N2O3/c1-13(2,3)8-11(17)15-9-12(18)16-6-7-19-14(4,5)10-16/h6-10H2,1-5H3,(H,15,17). The molecule has 0 saturated carbocycles. The number of rotatable bonds is 3. The Morgan fingerprint density at radius 2 is 1.95 bits per heavy atom. The molecule has 1 heterocycles. The number of nitrogens with one attached hydrogen (secondary N) is 1. The Labute approximate surface area is 115 Å². The molecule has 0 aliphatic carbocycles. The van der Waals surface area contributed by atoms with Gasteiger partial charge in [0.15, 0.2) is 0 Å². The predicted molar refractivity (Wildman–Crippen MR) is 73.7 cm³/mol. The monoisotopic (exact) mass is 270 g/mol. The van der Waals surface area contributed by atoms with Crippen molar-refractivity contribution >= 4 is 11.8 Å². The smallest absolute Gasteiger partial charge is 0.242 e. The van der Waals surface area contributed by atoms with Crippen LogP contribution in [0.15, 0.2) is 0 Å². The zero-order valence-electron chi connectivity index (χ0n) is 12.7. The van der Waals surface area contributed by atoms with Gasteiger partial charge in [-0.2, -0.15) is 0 Å². The minimum Gasteiger partial charge on any atom is -0.372 e. The van der Waals surface area contributed by atoms with Gasteiger partial charge >= 0.3 is 0 Å². The Balaban J connectivity index is 2.37. The topological polar surface area (TPSA) is 58.6 Å². The molecule has 1 rings (SSSR count). The highest BCUT2D eigenvalue weighted by molar-refractivity contribution is 5.85. The molecule has 0 bridgehead atoms. The highest BCUT2D eigenvalue weighted by atomic mass is 16.5. The first-order valence-corrected chi connectivity index (χ1v) is 6.77. The molecule has 0 spiro atoms. The third kappa shape index (κ3) is 6.05. The lowest BCUT2D eigenvalue weighted by Gasteiger charge is -2.38. The van der Waals surface area contributed by atoms with Gasteiger partial charge in [0.1, 0.15) is 0 Å². The fraction of sp³-hybridized carbons (Fsp3) is 0.857. The Hall–Kier alpha value is -1.10. The minimum absolute atomic E-state index is 0.0429. The summed E-state index contributed by atoms with van der Waals surface area (Å²) < 4.78 is 5.56. The fourth-order valence-corrected chi connectivity index (χ4v) is 2.06. The van der Waals surface area contributed by atoms with E-state index in [1.165, 1.54) is 0 Å². The van der Waals surface area contributed by atoms with Crippen LogP contribution in [0.1, 0.15) is 41.0 Å². The normalized spacial score (nSPS) is 19.1. The molecule has 5 nitrogen and oxygen atoms in total. The second kappa shape index (κ2) is 5.90. The molecular weight excluding hydrogens is 244 g/mol. The van der Waals surface area contributed by atoms with E-state index < -0.39 is 0 Å². The second-order valence-corrected chi connectivity index (χ2v) is 6.94. The van der Waals surface area contributed by atoms with Crippen molar-refractivity contribution in [1.82, 2.24) is 10.2 Å². The molecule has 1 fully saturated rings. The Morgan fingerprint density at radius 1 is 1.32 bits per heavy atom. The van der Waals surface area contributed by atoms with Crippen LogP contribution < -0.4 is 5.32 Å². The Kier molecular flexibility index (Phi) is 4.96. The first-order valence-electron chi connectivity index (χ1n) is 6.77. The molecule has 0 radical (unpaired) electrons. The van der Waals surface area contributed by atoms with Gasteiger partial charge in [0, 0.05) is 19.5 Å². The maximum Gasteiger partial charge on any atom is 0.242 e. The number of morpholine rings is 1. The minimum atomic E-state index is -0.302. The van der Waals surface area contributed by atoms with E-state index in [-0.39, 0.29) is 29.4 Å². The summed E-state index contributed by atoms with van der Waals surface area (Å²) in [4.78, 5) is 25.4. The molecule has 0 aromatic heterocycles. The fourth-order valence-electron chi connectivity index (χ4n) is 2.06. The number of carbonyl (C=O) groups is 2. The average molecular weight is 270 g/mol. The SMILES string of the molecule is CC(C)(C)CC(=O)NCC(=O)N1CCOC(C)(C)C1. The highest BCUT2D eigenvalue weighted by Crippen LogP contribution is 2.18. The third-order valence-corrected chi connectivity index (χ3v) is 2.91. The molecule has 0 aromatic carbocycles. The van der Waals surface area contributed by atoms with Crippen molar-refractivity contribution in [2.45, 2.75) is 46.6 Å². The van der Waals surface area contributed by atoms with E-state index in [0.717, 1.165) is 0 Å². The van der Waals surface area contributed by atoms with E-state index in [0.29, 0.717) is 26.1 Å². The van der Waals surface area contributed by atoms with E-state index in [1.54, 1.807) is 4.90 Å². The van der Waals surface area contributed by atoms with Gasteiger partial charge in [0.05, 0.1) is 18.8 Å². The van der Waals surface area contributed by atoms with Crippen LogP contribution >= 0.6 is 0 Å². The highest BCUT2D eigenvalue weighted by Gasteiger charge is 2.29. The molecule has 2 amide bonds. The molecule has 0 aromatic rings. The van der Waals surface area contributed by atoms with Crippen molar-refractivity contribution in [3.63, 3.8) is 0 Å². The van der Waals surface area contributed by atoms with E-state index in [4.69, 9.17) is 4.74 Å². The number of hydrogen-bond donors (Lipinski definition) is 1. The molecule has 1 saturated heterocycles. The summed E-state index contributed by atoms with van der Waals surface area (Å²) in [6.07, 6.45) is 0.425. The van der Waals surface area contributed by atoms with Gasteiger partial charge in [0.25, 0.3) is 0 Å².